The van der Waals surface area contributed by atoms with Gasteiger partial charge in [-0.05, 0) is 54.7 Å². The molecule has 0 unspecified atom stereocenters. The monoisotopic (exact) mass is 724 g/mol. The molecular weight excluding hydrogens is 660 g/mol. The van der Waals surface area contributed by atoms with Gasteiger partial charge in [-0.2, -0.15) is 0 Å². The van der Waals surface area contributed by atoms with E-state index in [2.05, 4.69) is 54.3 Å². The SMILES string of the molecule is COCCCOc1cc(C[C@@H](C[C@H](N)[C@@H](O)C[C@H](C(=O)NCC(C)(C)Cn2cc(CN3CCOCC3)nn2)C(C)C)C(C)C)ccc1OC.Cl. The molecular formula is C37H65ClN6O6. The van der Waals surface area contributed by atoms with E-state index in [1.165, 1.54) is 0 Å². The third-order valence-corrected chi connectivity index (χ3v) is 9.53. The predicted molar refractivity (Wildman–Crippen MR) is 199 cm³/mol. The van der Waals surface area contributed by atoms with E-state index < -0.39 is 12.1 Å². The summed E-state index contributed by atoms with van der Waals surface area (Å²) in [5.74, 6) is 1.62. The van der Waals surface area contributed by atoms with Gasteiger partial charge in [0.05, 0.1) is 38.7 Å². The molecule has 50 heavy (non-hydrogen) atoms. The lowest BCUT2D eigenvalue weighted by molar-refractivity contribution is -0.128. The van der Waals surface area contributed by atoms with Gasteiger partial charge in [-0.15, -0.1) is 17.5 Å². The van der Waals surface area contributed by atoms with Gasteiger partial charge in [0.1, 0.15) is 0 Å². The highest BCUT2D eigenvalue weighted by Crippen LogP contribution is 2.32. The van der Waals surface area contributed by atoms with Crippen molar-refractivity contribution in [3.05, 3.63) is 35.7 Å². The number of hydrogen-bond donors (Lipinski definition) is 3. The topological polar surface area (TPSA) is 146 Å². The highest BCUT2D eigenvalue weighted by Gasteiger charge is 2.31. The van der Waals surface area contributed by atoms with Crippen LogP contribution in [0.1, 0.15) is 72.1 Å². The normalized spacial score (nSPS) is 16.5. The summed E-state index contributed by atoms with van der Waals surface area (Å²) in [6.07, 6.45) is 3.72. The maximum Gasteiger partial charge on any atom is 0.223 e. The van der Waals surface area contributed by atoms with Crippen molar-refractivity contribution in [3.63, 3.8) is 0 Å². The van der Waals surface area contributed by atoms with E-state index >= 15 is 0 Å². The molecule has 4 atom stereocenters. The lowest BCUT2D eigenvalue weighted by atomic mass is 9.80. The predicted octanol–water partition coefficient (Wildman–Crippen LogP) is 4.35. The molecule has 4 N–H and O–H groups in total. The maximum absolute atomic E-state index is 13.5. The first-order valence-corrected chi connectivity index (χ1v) is 18.0. The van der Waals surface area contributed by atoms with Gasteiger partial charge in [-0.1, -0.05) is 52.8 Å². The number of ether oxygens (including phenoxy) is 4. The van der Waals surface area contributed by atoms with E-state index in [0.717, 1.165) is 56.9 Å². The quantitative estimate of drug-likeness (QED) is 0.150. The largest absolute Gasteiger partial charge is 0.493 e. The van der Waals surface area contributed by atoms with Crippen LogP contribution in [0.25, 0.3) is 0 Å². The maximum atomic E-state index is 13.5. The molecule has 0 radical (unpaired) electrons. The second kappa shape index (κ2) is 21.8. The van der Waals surface area contributed by atoms with Crippen molar-refractivity contribution in [2.24, 2.45) is 34.8 Å². The van der Waals surface area contributed by atoms with E-state index in [1.807, 2.05) is 36.9 Å². The Hall–Kier alpha value is -2.48. The Labute approximate surface area is 306 Å². The molecule has 3 rings (SSSR count). The third kappa shape index (κ3) is 14.6. The van der Waals surface area contributed by atoms with Crippen LogP contribution < -0.4 is 20.5 Å². The smallest absolute Gasteiger partial charge is 0.223 e. The van der Waals surface area contributed by atoms with Crippen molar-refractivity contribution in [1.82, 2.24) is 25.2 Å². The number of hydrogen-bond acceptors (Lipinski definition) is 10. The number of nitrogens with one attached hydrogen (secondary N) is 1. The zero-order chi connectivity index (χ0) is 36.0. The van der Waals surface area contributed by atoms with Crippen LogP contribution in [-0.4, -0.2) is 103 Å². The van der Waals surface area contributed by atoms with Gasteiger partial charge in [0, 0.05) is 76.4 Å². The van der Waals surface area contributed by atoms with Crippen molar-refractivity contribution in [2.45, 2.75) is 92.5 Å². The Balaban J connectivity index is 0.00000867. The number of nitrogens with zero attached hydrogens (tertiary/aromatic N) is 4. The van der Waals surface area contributed by atoms with Gasteiger partial charge in [0.2, 0.25) is 5.91 Å². The molecule has 1 aliphatic rings. The Morgan fingerprint density at radius 2 is 1.80 bits per heavy atom. The summed E-state index contributed by atoms with van der Waals surface area (Å²) >= 11 is 0. The van der Waals surface area contributed by atoms with Gasteiger partial charge in [0.15, 0.2) is 11.5 Å². The number of amides is 1. The van der Waals surface area contributed by atoms with Crippen LogP contribution in [0.5, 0.6) is 11.5 Å². The summed E-state index contributed by atoms with van der Waals surface area (Å²) in [4.78, 5) is 15.8. The van der Waals surface area contributed by atoms with Crippen LogP contribution in [-0.2, 0) is 33.8 Å². The number of carbonyl (C=O) groups excluding carboxylic acids is 1. The molecule has 13 heteroatoms. The fraction of sp³-hybridized carbons (Fsp3) is 0.757. The fourth-order valence-electron chi connectivity index (χ4n) is 6.29. The molecule has 1 saturated heterocycles. The summed E-state index contributed by atoms with van der Waals surface area (Å²) in [5, 5.41) is 23.2. The summed E-state index contributed by atoms with van der Waals surface area (Å²) in [5.41, 5.74) is 8.46. The lowest BCUT2D eigenvalue weighted by Gasteiger charge is -2.31. The average Bonchev–Trinajstić information content (AvgIpc) is 3.49. The number of morpholine rings is 1. The minimum atomic E-state index is -0.803. The van der Waals surface area contributed by atoms with Crippen molar-refractivity contribution >= 4 is 18.3 Å². The number of rotatable bonds is 22. The molecule has 1 aromatic carbocycles. The van der Waals surface area contributed by atoms with Gasteiger partial charge in [-0.3, -0.25) is 14.4 Å². The van der Waals surface area contributed by atoms with E-state index in [-0.39, 0.29) is 41.5 Å². The Morgan fingerprint density at radius 1 is 1.08 bits per heavy atom. The zero-order valence-corrected chi connectivity index (χ0v) is 32.5. The summed E-state index contributed by atoms with van der Waals surface area (Å²) in [7, 11) is 3.32. The molecule has 0 aliphatic carbocycles. The molecule has 2 aromatic rings. The van der Waals surface area contributed by atoms with Gasteiger partial charge in [0.25, 0.3) is 0 Å². The summed E-state index contributed by atoms with van der Waals surface area (Å²) in [6.45, 7) is 19.0. The molecule has 1 aliphatic heterocycles. The van der Waals surface area contributed by atoms with Crippen molar-refractivity contribution in [2.75, 3.05) is 60.3 Å². The first-order valence-electron chi connectivity index (χ1n) is 18.0. The average molecular weight is 725 g/mol. The van der Waals surface area contributed by atoms with Crippen LogP contribution in [0.2, 0.25) is 0 Å². The molecule has 0 bridgehead atoms. The van der Waals surface area contributed by atoms with Gasteiger partial charge < -0.3 is 35.1 Å². The third-order valence-electron chi connectivity index (χ3n) is 9.53. The van der Waals surface area contributed by atoms with Gasteiger partial charge >= 0.3 is 0 Å². The molecule has 1 fully saturated rings. The zero-order valence-electron chi connectivity index (χ0n) is 31.7. The van der Waals surface area contributed by atoms with E-state index in [4.69, 9.17) is 24.7 Å². The number of nitrogens with two attached hydrogens (primary N) is 1. The molecule has 0 saturated carbocycles. The van der Waals surface area contributed by atoms with E-state index in [0.29, 0.717) is 56.6 Å². The minimum Gasteiger partial charge on any atom is -0.493 e. The molecule has 286 valence electrons. The Morgan fingerprint density at radius 3 is 2.44 bits per heavy atom. The van der Waals surface area contributed by atoms with Gasteiger partial charge in [-0.25, -0.2) is 0 Å². The number of methoxy groups -OCH3 is 2. The van der Waals surface area contributed by atoms with Crippen LogP contribution in [0.3, 0.4) is 0 Å². The number of benzene rings is 1. The molecule has 12 nitrogen and oxygen atoms in total. The highest BCUT2D eigenvalue weighted by molar-refractivity contribution is 5.85. The number of halogens is 1. The number of aliphatic hydroxyl groups is 1. The van der Waals surface area contributed by atoms with E-state index in [1.54, 1.807) is 14.2 Å². The first kappa shape index (κ1) is 43.7. The van der Waals surface area contributed by atoms with Crippen LogP contribution in [0.15, 0.2) is 24.4 Å². The van der Waals surface area contributed by atoms with Crippen LogP contribution in [0.4, 0.5) is 0 Å². The highest BCUT2D eigenvalue weighted by atomic mass is 35.5. The van der Waals surface area contributed by atoms with Crippen molar-refractivity contribution < 1.29 is 28.8 Å². The Kier molecular flexibility index (Phi) is 19.0. The lowest BCUT2D eigenvalue weighted by Crippen LogP contribution is -2.44. The molecule has 1 amide bonds. The van der Waals surface area contributed by atoms with Crippen molar-refractivity contribution in [3.8, 4) is 11.5 Å². The summed E-state index contributed by atoms with van der Waals surface area (Å²) in [6, 6.07) is 5.58. The summed E-state index contributed by atoms with van der Waals surface area (Å²) < 4.78 is 23.9. The molecule has 2 heterocycles. The van der Waals surface area contributed by atoms with Crippen LogP contribution in [0, 0.1) is 29.1 Å². The van der Waals surface area contributed by atoms with Crippen LogP contribution >= 0.6 is 12.4 Å². The number of carbonyl (C=O) groups is 1. The number of aromatic nitrogens is 3. The minimum absolute atomic E-state index is 0. The molecule has 1 aromatic heterocycles. The number of aliphatic hydroxyl groups excluding tert-OH is 1. The first-order chi connectivity index (χ1) is 23.3. The second-order valence-corrected chi connectivity index (χ2v) is 15.1. The molecule has 0 spiro atoms. The Bertz CT molecular complexity index is 1250. The van der Waals surface area contributed by atoms with E-state index in [9.17, 15) is 9.90 Å². The second-order valence-electron chi connectivity index (χ2n) is 15.1. The fourth-order valence-corrected chi connectivity index (χ4v) is 6.29. The standard InChI is InChI=1S/C37H64N6O6.ClH/c1-26(2)29(18-28-10-11-34(47-8)35(19-28)49-15-9-14-46-7)20-32(38)33(44)21-31(27(3)4)36(45)39-24-37(5,6)25-43-23-30(40-41-43)22-42-12-16-48-17-13-42;/h10-11,19,23,26-27,29,31-33,44H,9,12-18,20-22,24-25,38H2,1-8H3,(H,39,45);1H/t29-,31-,32-,33-;/m0./s1. The van der Waals surface area contributed by atoms with Crippen molar-refractivity contribution in [1.29, 1.82) is 0 Å².